The minimum absolute atomic E-state index is 0.0314. The molecule has 1 saturated heterocycles. The Bertz CT molecular complexity index is 1230. The molecular formula is C23H18FN3O3S. The first-order chi connectivity index (χ1) is 15.0. The maximum Gasteiger partial charge on any atom is 0.293 e. The molecule has 0 radical (unpaired) electrons. The van der Waals surface area contributed by atoms with Gasteiger partial charge in [-0.15, -0.1) is 6.58 Å². The van der Waals surface area contributed by atoms with Crippen LogP contribution in [0.4, 0.5) is 14.9 Å². The second-order valence-electron chi connectivity index (χ2n) is 6.87. The zero-order valence-electron chi connectivity index (χ0n) is 16.4. The number of aromatic nitrogens is 1. The van der Waals surface area contributed by atoms with Crippen LogP contribution in [0.2, 0.25) is 0 Å². The topological polar surface area (TPSA) is 71.4 Å². The van der Waals surface area contributed by atoms with E-state index in [2.05, 4.69) is 11.9 Å². The predicted molar refractivity (Wildman–Crippen MR) is 120 cm³/mol. The monoisotopic (exact) mass is 435 g/mol. The van der Waals surface area contributed by atoms with Gasteiger partial charge < -0.3 is 9.88 Å². The summed E-state index contributed by atoms with van der Waals surface area (Å²) < 4.78 is 14.8. The summed E-state index contributed by atoms with van der Waals surface area (Å²) in [4.78, 5) is 38.6. The molecule has 8 heteroatoms. The highest BCUT2D eigenvalue weighted by atomic mass is 32.2. The average molecular weight is 435 g/mol. The summed E-state index contributed by atoms with van der Waals surface area (Å²) in [5.41, 5.74) is 2.04. The number of amides is 3. The summed E-state index contributed by atoms with van der Waals surface area (Å²) in [7, 11) is 0. The van der Waals surface area contributed by atoms with E-state index in [1.54, 1.807) is 16.8 Å². The molecular weight excluding hydrogens is 417 g/mol. The average Bonchev–Trinajstić information content (AvgIpc) is 3.22. The lowest BCUT2D eigenvalue weighted by atomic mass is 10.1. The molecule has 0 spiro atoms. The number of rotatable bonds is 6. The smallest absolute Gasteiger partial charge is 0.293 e. The van der Waals surface area contributed by atoms with Crippen molar-refractivity contribution in [3.05, 3.63) is 83.7 Å². The van der Waals surface area contributed by atoms with Gasteiger partial charge in [0.1, 0.15) is 12.4 Å². The number of benzene rings is 2. The third kappa shape index (κ3) is 4.29. The van der Waals surface area contributed by atoms with Gasteiger partial charge >= 0.3 is 0 Å². The molecule has 156 valence electrons. The normalized spacial score (nSPS) is 15.1. The van der Waals surface area contributed by atoms with Crippen LogP contribution in [0.5, 0.6) is 0 Å². The van der Waals surface area contributed by atoms with Crippen LogP contribution in [-0.4, -0.2) is 33.1 Å². The summed E-state index contributed by atoms with van der Waals surface area (Å²) in [6, 6.07) is 13.0. The number of nitrogens with one attached hydrogen (secondary N) is 1. The van der Waals surface area contributed by atoms with Gasteiger partial charge in [0.05, 0.1) is 4.91 Å². The number of carbonyl (C=O) groups excluding carboxylic acids is 3. The molecule has 1 N–H and O–H groups in total. The summed E-state index contributed by atoms with van der Waals surface area (Å²) >= 11 is 0.883. The first-order valence-electron chi connectivity index (χ1n) is 9.46. The molecule has 0 atom stereocenters. The largest absolute Gasteiger partial charge is 0.337 e. The number of halogens is 1. The van der Waals surface area contributed by atoms with Crippen LogP contribution < -0.4 is 5.32 Å². The summed E-state index contributed by atoms with van der Waals surface area (Å²) in [6.45, 7) is 3.77. The van der Waals surface area contributed by atoms with E-state index in [0.29, 0.717) is 10.6 Å². The molecule has 31 heavy (non-hydrogen) atoms. The Balaban J connectivity index is 1.61. The van der Waals surface area contributed by atoms with E-state index >= 15 is 0 Å². The van der Waals surface area contributed by atoms with Crippen LogP contribution in [0.1, 0.15) is 5.56 Å². The standard InChI is InChI=1S/C23H18FN3O3S/c1-2-11-27-22(29)20(31-23(27)30)12-15-13-26(19-6-4-3-5-18(15)19)14-21(28)25-17-9-7-16(24)8-10-17/h2-10,12-13H,1,11,14H2,(H,25,28)/b20-12-. The molecule has 1 aliphatic heterocycles. The number of anilines is 1. The van der Waals surface area contributed by atoms with E-state index in [9.17, 15) is 18.8 Å². The zero-order chi connectivity index (χ0) is 22.0. The number of carbonyl (C=O) groups is 3. The zero-order valence-corrected chi connectivity index (χ0v) is 17.2. The molecule has 0 unspecified atom stereocenters. The second kappa shape index (κ2) is 8.61. The van der Waals surface area contributed by atoms with Crippen molar-refractivity contribution >= 4 is 51.5 Å². The molecule has 6 nitrogen and oxygen atoms in total. The molecule has 0 aliphatic carbocycles. The predicted octanol–water partition coefficient (Wildman–Crippen LogP) is 4.64. The quantitative estimate of drug-likeness (QED) is 0.452. The Morgan fingerprint density at radius 2 is 1.87 bits per heavy atom. The van der Waals surface area contributed by atoms with Crippen LogP contribution in [0.25, 0.3) is 17.0 Å². The van der Waals surface area contributed by atoms with E-state index in [0.717, 1.165) is 33.1 Å². The maximum atomic E-state index is 13.1. The molecule has 0 saturated carbocycles. The molecule has 2 heterocycles. The van der Waals surface area contributed by atoms with Crippen molar-refractivity contribution in [2.45, 2.75) is 6.54 Å². The number of fused-ring (bicyclic) bond motifs is 1. The Morgan fingerprint density at radius 3 is 2.61 bits per heavy atom. The van der Waals surface area contributed by atoms with Crippen LogP contribution in [-0.2, 0) is 16.1 Å². The highest BCUT2D eigenvalue weighted by molar-refractivity contribution is 8.18. The first-order valence-corrected chi connectivity index (χ1v) is 10.3. The first kappa shape index (κ1) is 20.6. The highest BCUT2D eigenvalue weighted by Gasteiger charge is 2.34. The van der Waals surface area contributed by atoms with Crippen molar-refractivity contribution in [1.29, 1.82) is 0 Å². The van der Waals surface area contributed by atoms with Crippen molar-refractivity contribution in [3.63, 3.8) is 0 Å². The lowest BCUT2D eigenvalue weighted by Gasteiger charge is -2.07. The Morgan fingerprint density at radius 1 is 1.13 bits per heavy atom. The summed E-state index contributed by atoms with van der Waals surface area (Å²) in [5, 5.41) is 3.26. The van der Waals surface area contributed by atoms with Gasteiger partial charge in [-0.3, -0.25) is 19.3 Å². The molecule has 1 aromatic heterocycles. The van der Waals surface area contributed by atoms with Crippen LogP contribution in [0.15, 0.2) is 72.3 Å². The van der Waals surface area contributed by atoms with Crippen molar-refractivity contribution in [3.8, 4) is 0 Å². The number of para-hydroxylation sites is 1. The van der Waals surface area contributed by atoms with Gasteiger partial charge in [0.25, 0.3) is 11.1 Å². The summed E-state index contributed by atoms with van der Waals surface area (Å²) in [5.74, 6) is -1.01. The lowest BCUT2D eigenvalue weighted by Crippen LogP contribution is -2.27. The van der Waals surface area contributed by atoms with Crippen molar-refractivity contribution < 1.29 is 18.8 Å². The fraction of sp³-hybridized carbons (Fsp3) is 0.0870. The van der Waals surface area contributed by atoms with Gasteiger partial charge in [0.15, 0.2) is 0 Å². The van der Waals surface area contributed by atoms with Gasteiger partial charge in [-0.05, 0) is 48.2 Å². The van der Waals surface area contributed by atoms with Gasteiger partial charge in [0, 0.05) is 34.9 Å². The van der Waals surface area contributed by atoms with Gasteiger partial charge in [-0.25, -0.2) is 4.39 Å². The molecule has 1 aliphatic rings. The highest BCUT2D eigenvalue weighted by Crippen LogP contribution is 2.34. The van der Waals surface area contributed by atoms with E-state index in [1.165, 1.54) is 30.3 Å². The van der Waals surface area contributed by atoms with E-state index < -0.39 is 0 Å². The summed E-state index contributed by atoms with van der Waals surface area (Å²) in [6.07, 6.45) is 4.95. The van der Waals surface area contributed by atoms with Crippen molar-refractivity contribution in [2.75, 3.05) is 11.9 Å². The van der Waals surface area contributed by atoms with Gasteiger partial charge in [-0.2, -0.15) is 0 Å². The van der Waals surface area contributed by atoms with Gasteiger partial charge in [0.2, 0.25) is 5.91 Å². The molecule has 1 fully saturated rings. The lowest BCUT2D eigenvalue weighted by molar-refractivity contribution is -0.122. The van der Waals surface area contributed by atoms with Crippen molar-refractivity contribution in [1.82, 2.24) is 9.47 Å². The Hall–Kier alpha value is -3.65. The maximum absolute atomic E-state index is 13.1. The van der Waals surface area contributed by atoms with Gasteiger partial charge in [-0.1, -0.05) is 24.3 Å². The molecule has 4 rings (SSSR count). The SMILES string of the molecule is C=CCN1C(=O)S/C(=C\c2cn(CC(=O)Nc3ccc(F)cc3)c3ccccc23)C1=O. The molecule has 2 aromatic carbocycles. The molecule has 0 bridgehead atoms. The molecule has 3 amide bonds. The van der Waals surface area contributed by atoms with E-state index in [-0.39, 0.29) is 36.0 Å². The van der Waals surface area contributed by atoms with E-state index in [4.69, 9.17) is 0 Å². The fourth-order valence-corrected chi connectivity index (χ4v) is 4.18. The number of nitrogens with zero attached hydrogens (tertiary/aromatic N) is 2. The van der Waals surface area contributed by atoms with Crippen LogP contribution >= 0.6 is 11.8 Å². The van der Waals surface area contributed by atoms with Crippen LogP contribution in [0.3, 0.4) is 0 Å². The number of hydrogen-bond donors (Lipinski definition) is 1. The number of hydrogen-bond acceptors (Lipinski definition) is 4. The van der Waals surface area contributed by atoms with Crippen molar-refractivity contribution in [2.24, 2.45) is 0 Å². The second-order valence-corrected chi connectivity index (χ2v) is 7.86. The minimum atomic E-state index is -0.378. The number of thioether (sulfide) groups is 1. The fourth-order valence-electron chi connectivity index (χ4n) is 3.34. The Kier molecular flexibility index (Phi) is 5.73. The molecule has 3 aromatic rings. The minimum Gasteiger partial charge on any atom is -0.337 e. The Labute approximate surface area is 182 Å². The number of imide groups is 1. The van der Waals surface area contributed by atoms with Crippen LogP contribution in [0, 0.1) is 5.82 Å². The third-order valence-electron chi connectivity index (χ3n) is 4.73. The third-order valence-corrected chi connectivity index (χ3v) is 5.64. The van der Waals surface area contributed by atoms with E-state index in [1.807, 2.05) is 24.3 Å².